The van der Waals surface area contributed by atoms with Crippen molar-refractivity contribution in [3.63, 3.8) is 0 Å². The normalized spacial score (nSPS) is 19.3. The Labute approximate surface area is 96.6 Å². The maximum Gasteiger partial charge on any atom is 0.143 e. The van der Waals surface area contributed by atoms with Gasteiger partial charge in [-0.25, -0.2) is 0 Å². The Kier molecular flexibility index (Phi) is 3.39. The van der Waals surface area contributed by atoms with E-state index in [-0.39, 0.29) is 5.41 Å². The van der Waals surface area contributed by atoms with Gasteiger partial charge in [0.05, 0.1) is 5.41 Å². The fourth-order valence-corrected chi connectivity index (χ4v) is 2.54. The Morgan fingerprint density at radius 1 is 1.25 bits per heavy atom. The molecule has 1 aliphatic rings. The first kappa shape index (κ1) is 11.3. The number of ketones is 1. The van der Waals surface area contributed by atoms with Gasteiger partial charge in [0, 0.05) is 19.6 Å². The number of ether oxygens (including phenoxy) is 1. The Morgan fingerprint density at radius 2 is 1.88 bits per heavy atom. The average Bonchev–Trinajstić information content (AvgIpc) is 2.39. The maximum atomic E-state index is 12.2. The van der Waals surface area contributed by atoms with Crippen molar-refractivity contribution in [2.75, 3.05) is 13.2 Å². The van der Waals surface area contributed by atoms with Crippen LogP contribution in [0, 0.1) is 0 Å². The first-order valence-corrected chi connectivity index (χ1v) is 5.96. The second kappa shape index (κ2) is 4.79. The predicted octanol–water partition coefficient (Wildman–Crippen LogP) is 2.71. The van der Waals surface area contributed by atoms with Gasteiger partial charge < -0.3 is 4.74 Å². The van der Waals surface area contributed by atoms with Gasteiger partial charge in [-0.1, -0.05) is 37.3 Å². The van der Waals surface area contributed by atoms with E-state index in [4.69, 9.17) is 4.74 Å². The second-order valence-corrected chi connectivity index (χ2v) is 4.34. The Balaban J connectivity index is 2.38. The molecule has 2 heteroatoms. The molecule has 0 spiro atoms. The van der Waals surface area contributed by atoms with E-state index in [1.165, 1.54) is 0 Å². The van der Waals surface area contributed by atoms with Crippen LogP contribution in [0.3, 0.4) is 0 Å². The standard InChI is InChI=1S/C14H18O2/c1-2-13(15)14(8-10-16-11-9-14)12-6-4-3-5-7-12/h3-7H,2,8-11H2,1H3. The third-order valence-corrected chi connectivity index (χ3v) is 3.53. The van der Waals surface area contributed by atoms with E-state index in [9.17, 15) is 4.79 Å². The number of benzene rings is 1. The lowest BCUT2D eigenvalue weighted by molar-refractivity contribution is -0.127. The second-order valence-electron chi connectivity index (χ2n) is 4.34. The lowest BCUT2D eigenvalue weighted by atomic mass is 9.70. The minimum Gasteiger partial charge on any atom is -0.381 e. The first-order valence-electron chi connectivity index (χ1n) is 5.96. The van der Waals surface area contributed by atoms with Crippen molar-refractivity contribution in [1.82, 2.24) is 0 Å². The zero-order valence-electron chi connectivity index (χ0n) is 9.74. The topological polar surface area (TPSA) is 26.3 Å². The largest absolute Gasteiger partial charge is 0.381 e. The number of hydrogen-bond donors (Lipinski definition) is 0. The summed E-state index contributed by atoms with van der Waals surface area (Å²) in [5, 5.41) is 0. The SMILES string of the molecule is CCC(=O)C1(c2ccccc2)CCOCC1. The van der Waals surface area contributed by atoms with Crippen LogP contribution in [-0.4, -0.2) is 19.0 Å². The summed E-state index contributed by atoms with van der Waals surface area (Å²) in [5.74, 6) is 0.349. The van der Waals surface area contributed by atoms with Crippen LogP contribution in [-0.2, 0) is 14.9 Å². The third-order valence-electron chi connectivity index (χ3n) is 3.53. The van der Waals surface area contributed by atoms with Crippen molar-refractivity contribution in [2.24, 2.45) is 0 Å². The molecule has 0 bridgehead atoms. The molecule has 1 aromatic carbocycles. The zero-order valence-corrected chi connectivity index (χ0v) is 9.74. The molecule has 16 heavy (non-hydrogen) atoms. The van der Waals surface area contributed by atoms with E-state index in [1.54, 1.807) is 0 Å². The summed E-state index contributed by atoms with van der Waals surface area (Å²) >= 11 is 0. The van der Waals surface area contributed by atoms with Gasteiger partial charge in [0.25, 0.3) is 0 Å². The lowest BCUT2D eigenvalue weighted by Crippen LogP contribution is -2.41. The summed E-state index contributed by atoms with van der Waals surface area (Å²) in [4.78, 5) is 12.2. The average molecular weight is 218 g/mol. The van der Waals surface area contributed by atoms with Gasteiger partial charge in [-0.3, -0.25) is 4.79 Å². The summed E-state index contributed by atoms with van der Waals surface area (Å²) in [6, 6.07) is 10.1. The molecular formula is C14H18O2. The van der Waals surface area contributed by atoms with Crippen LogP contribution in [0.2, 0.25) is 0 Å². The molecule has 0 unspecified atom stereocenters. The monoisotopic (exact) mass is 218 g/mol. The highest BCUT2D eigenvalue weighted by Crippen LogP contribution is 2.36. The Hall–Kier alpha value is -1.15. The molecule has 0 aliphatic carbocycles. The van der Waals surface area contributed by atoms with Crippen molar-refractivity contribution < 1.29 is 9.53 Å². The first-order chi connectivity index (χ1) is 7.79. The van der Waals surface area contributed by atoms with E-state index in [0.717, 1.165) is 18.4 Å². The zero-order chi connectivity index (χ0) is 11.4. The number of rotatable bonds is 3. The van der Waals surface area contributed by atoms with Gasteiger partial charge in [0.2, 0.25) is 0 Å². The minimum absolute atomic E-state index is 0.283. The summed E-state index contributed by atoms with van der Waals surface area (Å²) in [6.45, 7) is 3.34. The minimum atomic E-state index is -0.283. The van der Waals surface area contributed by atoms with Crippen LogP contribution < -0.4 is 0 Å². The predicted molar refractivity (Wildman–Crippen MR) is 63.5 cm³/mol. The van der Waals surface area contributed by atoms with Crippen LogP contribution in [0.4, 0.5) is 0 Å². The third kappa shape index (κ3) is 1.90. The number of Topliss-reactive ketones (excluding diaryl/α,β-unsaturated/α-hetero) is 1. The molecule has 1 aliphatic heterocycles. The molecule has 2 rings (SSSR count). The molecule has 0 amide bonds. The van der Waals surface area contributed by atoms with E-state index >= 15 is 0 Å². The van der Waals surface area contributed by atoms with Gasteiger partial charge >= 0.3 is 0 Å². The van der Waals surface area contributed by atoms with E-state index < -0.39 is 0 Å². The molecule has 1 aromatic rings. The fourth-order valence-electron chi connectivity index (χ4n) is 2.54. The van der Waals surface area contributed by atoms with Crippen LogP contribution >= 0.6 is 0 Å². The van der Waals surface area contributed by atoms with Gasteiger partial charge in [-0.2, -0.15) is 0 Å². The van der Waals surface area contributed by atoms with Crippen LogP contribution in [0.15, 0.2) is 30.3 Å². The highest BCUT2D eigenvalue weighted by molar-refractivity contribution is 5.90. The van der Waals surface area contributed by atoms with Crippen molar-refractivity contribution in [3.05, 3.63) is 35.9 Å². The molecule has 0 aromatic heterocycles. The Morgan fingerprint density at radius 3 is 2.44 bits per heavy atom. The quantitative estimate of drug-likeness (QED) is 0.779. The lowest BCUT2D eigenvalue weighted by Gasteiger charge is -2.36. The maximum absolute atomic E-state index is 12.2. The molecule has 86 valence electrons. The van der Waals surface area contributed by atoms with Gasteiger partial charge in [0.1, 0.15) is 5.78 Å². The van der Waals surface area contributed by atoms with Gasteiger partial charge in [-0.05, 0) is 18.4 Å². The molecule has 2 nitrogen and oxygen atoms in total. The molecule has 1 fully saturated rings. The Bertz CT molecular complexity index is 350. The van der Waals surface area contributed by atoms with Gasteiger partial charge in [-0.15, -0.1) is 0 Å². The molecule has 0 saturated carbocycles. The molecule has 1 saturated heterocycles. The summed E-state index contributed by atoms with van der Waals surface area (Å²) in [5.41, 5.74) is 0.874. The summed E-state index contributed by atoms with van der Waals surface area (Å²) in [6.07, 6.45) is 2.25. The van der Waals surface area contributed by atoms with Crippen molar-refractivity contribution in [2.45, 2.75) is 31.6 Å². The molecular weight excluding hydrogens is 200 g/mol. The van der Waals surface area contributed by atoms with E-state index in [0.29, 0.717) is 25.4 Å². The number of hydrogen-bond acceptors (Lipinski definition) is 2. The molecule has 0 N–H and O–H groups in total. The van der Waals surface area contributed by atoms with Crippen molar-refractivity contribution in [1.29, 1.82) is 0 Å². The summed E-state index contributed by atoms with van der Waals surface area (Å²) < 4.78 is 5.39. The smallest absolute Gasteiger partial charge is 0.143 e. The van der Waals surface area contributed by atoms with E-state index in [1.807, 2.05) is 25.1 Å². The molecule has 0 radical (unpaired) electrons. The van der Waals surface area contributed by atoms with Crippen molar-refractivity contribution in [3.8, 4) is 0 Å². The van der Waals surface area contributed by atoms with Crippen LogP contribution in [0.5, 0.6) is 0 Å². The van der Waals surface area contributed by atoms with Gasteiger partial charge in [0.15, 0.2) is 0 Å². The van der Waals surface area contributed by atoms with Crippen molar-refractivity contribution >= 4 is 5.78 Å². The highest BCUT2D eigenvalue weighted by atomic mass is 16.5. The summed E-state index contributed by atoms with van der Waals surface area (Å²) in [7, 11) is 0. The van der Waals surface area contributed by atoms with Crippen LogP contribution in [0.25, 0.3) is 0 Å². The number of carbonyl (C=O) groups excluding carboxylic acids is 1. The fraction of sp³-hybridized carbons (Fsp3) is 0.500. The number of carbonyl (C=O) groups is 1. The molecule has 0 atom stereocenters. The van der Waals surface area contributed by atoms with Crippen LogP contribution in [0.1, 0.15) is 31.7 Å². The highest BCUT2D eigenvalue weighted by Gasteiger charge is 2.39. The molecule has 1 heterocycles. The van der Waals surface area contributed by atoms with E-state index in [2.05, 4.69) is 12.1 Å².